The minimum absolute atomic E-state index is 0.0262. The number of fused-ring (bicyclic) bond motifs is 1. The number of amides is 1. The van der Waals surface area contributed by atoms with Crippen LogP contribution in [0.4, 0.5) is 0 Å². The van der Waals surface area contributed by atoms with Gasteiger partial charge in [0.2, 0.25) is 0 Å². The molecule has 1 amide bonds. The second kappa shape index (κ2) is 7.54. The first-order valence-corrected chi connectivity index (χ1v) is 10.1. The van der Waals surface area contributed by atoms with Crippen LogP contribution in [0.5, 0.6) is 0 Å². The molecular formula is C23H23N5O. The van der Waals surface area contributed by atoms with Crippen molar-refractivity contribution in [2.75, 3.05) is 13.1 Å². The number of rotatable bonds is 4. The van der Waals surface area contributed by atoms with Crippen LogP contribution < -0.4 is 0 Å². The first-order valence-electron chi connectivity index (χ1n) is 10.1. The lowest BCUT2D eigenvalue weighted by Gasteiger charge is -2.31. The number of nitrogens with one attached hydrogen (secondary N) is 1. The van der Waals surface area contributed by atoms with Gasteiger partial charge in [-0.3, -0.25) is 4.79 Å². The predicted octanol–water partition coefficient (Wildman–Crippen LogP) is 3.83. The predicted molar refractivity (Wildman–Crippen MR) is 112 cm³/mol. The molecule has 0 atom stereocenters. The second-order valence-corrected chi connectivity index (χ2v) is 7.64. The van der Waals surface area contributed by atoms with Gasteiger partial charge in [-0.1, -0.05) is 53.7 Å². The third kappa shape index (κ3) is 3.53. The Bertz CT molecular complexity index is 1120. The third-order valence-electron chi connectivity index (χ3n) is 5.79. The Morgan fingerprint density at radius 1 is 1.03 bits per heavy atom. The molecule has 0 bridgehead atoms. The summed E-state index contributed by atoms with van der Waals surface area (Å²) in [5.41, 5.74) is 4.10. The zero-order chi connectivity index (χ0) is 19.6. The summed E-state index contributed by atoms with van der Waals surface area (Å²) in [6, 6.07) is 18.5. The summed E-state index contributed by atoms with van der Waals surface area (Å²) in [6.45, 7) is 2.10. The lowest BCUT2D eigenvalue weighted by Crippen LogP contribution is -2.38. The molecule has 146 valence electrons. The smallest absolute Gasteiger partial charge is 0.276 e. The van der Waals surface area contributed by atoms with Crippen molar-refractivity contribution in [3.63, 3.8) is 0 Å². The van der Waals surface area contributed by atoms with E-state index >= 15 is 0 Å². The first kappa shape index (κ1) is 17.7. The monoisotopic (exact) mass is 385 g/mol. The van der Waals surface area contributed by atoms with E-state index in [1.54, 1.807) is 10.9 Å². The number of piperidine rings is 1. The maximum absolute atomic E-state index is 12.9. The van der Waals surface area contributed by atoms with Gasteiger partial charge in [-0.15, -0.1) is 5.10 Å². The highest BCUT2D eigenvalue weighted by molar-refractivity contribution is 5.92. The van der Waals surface area contributed by atoms with E-state index in [4.69, 9.17) is 0 Å². The number of carbonyl (C=O) groups is 1. The van der Waals surface area contributed by atoms with Gasteiger partial charge >= 0.3 is 0 Å². The Morgan fingerprint density at radius 3 is 2.62 bits per heavy atom. The van der Waals surface area contributed by atoms with Crippen LogP contribution in [-0.2, 0) is 6.54 Å². The number of H-pyrrole nitrogens is 1. The first-order chi connectivity index (χ1) is 14.3. The molecule has 1 N–H and O–H groups in total. The zero-order valence-electron chi connectivity index (χ0n) is 16.2. The number of hydrogen-bond acceptors (Lipinski definition) is 3. The molecule has 1 aliphatic heterocycles. The molecule has 3 heterocycles. The molecule has 2 aromatic heterocycles. The summed E-state index contributed by atoms with van der Waals surface area (Å²) in [5, 5.41) is 9.54. The fourth-order valence-electron chi connectivity index (χ4n) is 4.23. The van der Waals surface area contributed by atoms with Crippen LogP contribution in [0.2, 0.25) is 0 Å². The van der Waals surface area contributed by atoms with Gasteiger partial charge < -0.3 is 9.88 Å². The molecule has 2 aromatic carbocycles. The Morgan fingerprint density at radius 2 is 1.79 bits per heavy atom. The molecule has 6 heteroatoms. The minimum Gasteiger partial charge on any atom is -0.361 e. The fourth-order valence-corrected chi connectivity index (χ4v) is 4.23. The van der Waals surface area contributed by atoms with Crippen LogP contribution in [0.1, 0.15) is 40.4 Å². The van der Waals surface area contributed by atoms with E-state index in [-0.39, 0.29) is 5.91 Å². The molecule has 0 unspecified atom stereocenters. The Balaban J connectivity index is 1.23. The molecule has 1 fully saturated rings. The van der Waals surface area contributed by atoms with E-state index in [9.17, 15) is 4.79 Å². The molecule has 6 nitrogen and oxygen atoms in total. The van der Waals surface area contributed by atoms with Gasteiger partial charge in [-0.2, -0.15) is 0 Å². The number of aromatic amines is 1. The number of para-hydroxylation sites is 1. The molecule has 0 spiro atoms. The third-order valence-corrected chi connectivity index (χ3v) is 5.79. The van der Waals surface area contributed by atoms with Crippen LogP contribution >= 0.6 is 0 Å². The van der Waals surface area contributed by atoms with Gasteiger partial charge in [0.15, 0.2) is 5.69 Å². The lowest BCUT2D eigenvalue weighted by molar-refractivity contribution is 0.0707. The number of aromatic nitrogens is 4. The van der Waals surface area contributed by atoms with E-state index in [1.807, 2.05) is 35.2 Å². The summed E-state index contributed by atoms with van der Waals surface area (Å²) in [7, 11) is 0. The summed E-state index contributed by atoms with van der Waals surface area (Å²) in [6.07, 6.45) is 5.81. The molecule has 0 saturated carbocycles. The maximum atomic E-state index is 12.9. The van der Waals surface area contributed by atoms with Gasteiger partial charge in [0.25, 0.3) is 5.91 Å². The van der Waals surface area contributed by atoms with Gasteiger partial charge in [0, 0.05) is 30.2 Å². The molecule has 0 aliphatic carbocycles. The number of hydrogen-bond donors (Lipinski definition) is 1. The summed E-state index contributed by atoms with van der Waals surface area (Å²) < 4.78 is 1.72. The Hall–Kier alpha value is -3.41. The molecular weight excluding hydrogens is 362 g/mol. The average molecular weight is 385 g/mol. The highest BCUT2D eigenvalue weighted by atomic mass is 16.2. The van der Waals surface area contributed by atoms with Crippen molar-refractivity contribution in [3.8, 4) is 0 Å². The van der Waals surface area contributed by atoms with E-state index in [2.05, 4.69) is 45.8 Å². The van der Waals surface area contributed by atoms with Crippen molar-refractivity contribution in [2.45, 2.75) is 25.3 Å². The quantitative estimate of drug-likeness (QED) is 0.581. The van der Waals surface area contributed by atoms with Crippen molar-refractivity contribution < 1.29 is 4.79 Å². The van der Waals surface area contributed by atoms with Gasteiger partial charge in [-0.05, 0) is 36.0 Å². The standard InChI is InChI=1S/C23H23N5O/c29-23(22-16-28(26-25-22)15-17-6-2-1-3-7-17)27-12-10-18(11-13-27)20-14-24-21-9-5-4-8-19(20)21/h1-9,14,16,18,24H,10-13,15H2. The van der Waals surface area contributed by atoms with Crippen molar-refractivity contribution in [1.82, 2.24) is 24.9 Å². The van der Waals surface area contributed by atoms with Crippen molar-refractivity contribution in [3.05, 3.63) is 83.8 Å². The highest BCUT2D eigenvalue weighted by Gasteiger charge is 2.27. The van der Waals surface area contributed by atoms with Crippen LogP contribution in [0.25, 0.3) is 10.9 Å². The van der Waals surface area contributed by atoms with Gasteiger partial charge in [-0.25, -0.2) is 4.68 Å². The molecule has 1 aliphatic rings. The number of nitrogens with zero attached hydrogens (tertiary/aromatic N) is 4. The summed E-state index contributed by atoms with van der Waals surface area (Å²) in [4.78, 5) is 18.1. The zero-order valence-corrected chi connectivity index (χ0v) is 16.2. The summed E-state index contributed by atoms with van der Waals surface area (Å²) >= 11 is 0. The Kier molecular flexibility index (Phi) is 4.60. The lowest BCUT2D eigenvalue weighted by atomic mass is 9.89. The topological polar surface area (TPSA) is 66.8 Å². The molecule has 5 rings (SSSR count). The summed E-state index contributed by atoms with van der Waals surface area (Å²) in [5.74, 6) is 0.450. The molecule has 29 heavy (non-hydrogen) atoms. The highest BCUT2D eigenvalue weighted by Crippen LogP contribution is 2.33. The SMILES string of the molecule is O=C(c1cn(Cc2ccccc2)nn1)N1CCC(c2c[nH]c3ccccc23)CC1. The van der Waals surface area contributed by atoms with E-state index in [0.29, 0.717) is 18.2 Å². The van der Waals surface area contributed by atoms with Crippen molar-refractivity contribution in [1.29, 1.82) is 0 Å². The van der Waals surface area contributed by atoms with Crippen molar-refractivity contribution >= 4 is 16.8 Å². The molecule has 1 saturated heterocycles. The minimum atomic E-state index is -0.0262. The van der Waals surface area contributed by atoms with Crippen LogP contribution in [0.15, 0.2) is 67.0 Å². The number of benzene rings is 2. The van der Waals surface area contributed by atoms with Gasteiger partial charge in [0.1, 0.15) is 0 Å². The van der Waals surface area contributed by atoms with E-state index in [0.717, 1.165) is 31.5 Å². The second-order valence-electron chi connectivity index (χ2n) is 7.64. The van der Waals surface area contributed by atoms with Crippen molar-refractivity contribution in [2.24, 2.45) is 0 Å². The van der Waals surface area contributed by atoms with E-state index < -0.39 is 0 Å². The number of carbonyl (C=O) groups excluding carboxylic acids is 1. The normalized spacial score (nSPS) is 15.1. The Labute approximate surface area is 169 Å². The van der Waals surface area contributed by atoms with Gasteiger partial charge in [0.05, 0.1) is 12.7 Å². The fraction of sp³-hybridized carbons (Fsp3) is 0.261. The van der Waals surface area contributed by atoms with Crippen LogP contribution in [0, 0.1) is 0 Å². The maximum Gasteiger partial charge on any atom is 0.276 e. The largest absolute Gasteiger partial charge is 0.361 e. The molecule has 0 radical (unpaired) electrons. The average Bonchev–Trinajstić information content (AvgIpc) is 3.41. The van der Waals surface area contributed by atoms with Crippen LogP contribution in [0.3, 0.4) is 0 Å². The van der Waals surface area contributed by atoms with Crippen LogP contribution in [-0.4, -0.2) is 43.9 Å². The molecule has 4 aromatic rings. The number of likely N-dealkylation sites (tertiary alicyclic amines) is 1. The van der Waals surface area contributed by atoms with E-state index in [1.165, 1.54) is 16.5 Å².